The minimum Gasteiger partial charge on any atom is -0.497 e. The van der Waals surface area contributed by atoms with Gasteiger partial charge in [0, 0.05) is 22.8 Å². The molecule has 0 aromatic heterocycles. The maximum absolute atomic E-state index is 5.27. The Morgan fingerprint density at radius 3 is 3.14 bits per heavy atom. The van der Waals surface area contributed by atoms with E-state index in [1.807, 2.05) is 23.9 Å². The summed E-state index contributed by atoms with van der Waals surface area (Å²) in [6, 6.07) is 6.03. The zero-order valence-electron chi connectivity index (χ0n) is 7.87. The van der Waals surface area contributed by atoms with Gasteiger partial charge in [0.25, 0.3) is 0 Å². The van der Waals surface area contributed by atoms with E-state index in [4.69, 9.17) is 17.0 Å². The molecule has 0 unspecified atom stereocenters. The SMILES string of the molecule is COc1ccc2c(c1)C(=S)NCCS2. The smallest absolute Gasteiger partial charge is 0.119 e. The summed E-state index contributed by atoms with van der Waals surface area (Å²) in [4.78, 5) is 2.06. The number of hydrogen-bond donors (Lipinski definition) is 1. The second-order valence-corrected chi connectivity index (χ2v) is 4.51. The van der Waals surface area contributed by atoms with E-state index in [1.165, 1.54) is 4.90 Å². The highest BCUT2D eigenvalue weighted by Crippen LogP contribution is 2.28. The van der Waals surface area contributed by atoms with Crippen molar-refractivity contribution in [1.82, 2.24) is 5.32 Å². The Kier molecular flexibility index (Phi) is 2.93. The van der Waals surface area contributed by atoms with Crippen molar-refractivity contribution in [3.63, 3.8) is 0 Å². The van der Waals surface area contributed by atoms with Crippen LogP contribution in [0.15, 0.2) is 23.1 Å². The van der Waals surface area contributed by atoms with Crippen molar-refractivity contribution in [2.45, 2.75) is 4.90 Å². The second kappa shape index (κ2) is 4.19. The van der Waals surface area contributed by atoms with Gasteiger partial charge < -0.3 is 10.1 Å². The Hall–Kier alpha value is -0.740. The van der Waals surface area contributed by atoms with E-state index >= 15 is 0 Å². The molecule has 0 spiro atoms. The first-order valence-electron chi connectivity index (χ1n) is 4.40. The lowest BCUT2D eigenvalue weighted by Gasteiger charge is -2.07. The molecule has 0 radical (unpaired) electrons. The number of fused-ring (bicyclic) bond motifs is 1. The number of rotatable bonds is 1. The van der Waals surface area contributed by atoms with Gasteiger partial charge in [0.05, 0.1) is 7.11 Å². The third kappa shape index (κ3) is 1.86. The van der Waals surface area contributed by atoms with Gasteiger partial charge in [-0.1, -0.05) is 12.2 Å². The molecule has 14 heavy (non-hydrogen) atoms. The molecule has 1 aromatic rings. The largest absolute Gasteiger partial charge is 0.497 e. The first kappa shape index (κ1) is 9.80. The fourth-order valence-corrected chi connectivity index (χ4v) is 2.60. The Bertz CT molecular complexity index is 365. The summed E-state index contributed by atoms with van der Waals surface area (Å²) in [7, 11) is 1.67. The summed E-state index contributed by atoms with van der Waals surface area (Å²) in [6.07, 6.45) is 0. The van der Waals surface area contributed by atoms with Crippen LogP contribution in [0, 0.1) is 0 Å². The fourth-order valence-electron chi connectivity index (χ4n) is 1.36. The van der Waals surface area contributed by atoms with Crippen molar-refractivity contribution >= 4 is 29.0 Å². The van der Waals surface area contributed by atoms with E-state index in [9.17, 15) is 0 Å². The minimum atomic E-state index is 0.823. The first-order valence-corrected chi connectivity index (χ1v) is 5.79. The van der Waals surface area contributed by atoms with Gasteiger partial charge in [-0.15, -0.1) is 11.8 Å². The number of nitrogens with one attached hydrogen (secondary N) is 1. The minimum absolute atomic E-state index is 0.823. The molecule has 4 heteroatoms. The summed E-state index contributed by atoms with van der Waals surface area (Å²) >= 11 is 7.10. The predicted octanol–water partition coefficient (Wildman–Crippen LogP) is 2.07. The molecule has 0 amide bonds. The Balaban J connectivity index is 2.44. The quantitative estimate of drug-likeness (QED) is 0.738. The topological polar surface area (TPSA) is 21.3 Å². The van der Waals surface area contributed by atoms with Crippen LogP contribution in [-0.2, 0) is 0 Å². The van der Waals surface area contributed by atoms with Crippen molar-refractivity contribution in [2.24, 2.45) is 0 Å². The van der Waals surface area contributed by atoms with Crippen molar-refractivity contribution < 1.29 is 4.74 Å². The zero-order valence-corrected chi connectivity index (χ0v) is 9.50. The molecule has 1 N–H and O–H groups in total. The second-order valence-electron chi connectivity index (χ2n) is 2.97. The van der Waals surface area contributed by atoms with Crippen LogP contribution in [-0.4, -0.2) is 24.4 Å². The van der Waals surface area contributed by atoms with Gasteiger partial charge >= 0.3 is 0 Å². The molecule has 0 fully saturated rings. The van der Waals surface area contributed by atoms with Crippen LogP contribution in [0.5, 0.6) is 5.75 Å². The third-order valence-electron chi connectivity index (χ3n) is 2.08. The van der Waals surface area contributed by atoms with Crippen molar-refractivity contribution in [1.29, 1.82) is 0 Å². The molecule has 2 nitrogen and oxygen atoms in total. The molecule has 0 saturated heterocycles. The van der Waals surface area contributed by atoms with Crippen molar-refractivity contribution in [2.75, 3.05) is 19.4 Å². The van der Waals surface area contributed by atoms with Crippen LogP contribution < -0.4 is 10.1 Å². The zero-order chi connectivity index (χ0) is 9.97. The average molecular weight is 225 g/mol. The lowest BCUT2D eigenvalue weighted by Crippen LogP contribution is -2.22. The van der Waals surface area contributed by atoms with E-state index in [1.54, 1.807) is 7.11 Å². The number of hydrogen-bond acceptors (Lipinski definition) is 3. The molecule has 0 saturated carbocycles. The van der Waals surface area contributed by atoms with Crippen LogP contribution in [0.3, 0.4) is 0 Å². The highest BCUT2D eigenvalue weighted by Gasteiger charge is 2.12. The van der Waals surface area contributed by atoms with Gasteiger partial charge in [-0.3, -0.25) is 0 Å². The van der Waals surface area contributed by atoms with Crippen molar-refractivity contribution in [3.8, 4) is 5.75 Å². The maximum Gasteiger partial charge on any atom is 0.119 e. The van der Waals surface area contributed by atoms with Gasteiger partial charge in [0.15, 0.2) is 0 Å². The summed E-state index contributed by atoms with van der Waals surface area (Å²) < 4.78 is 5.17. The van der Waals surface area contributed by atoms with Gasteiger partial charge in [-0.25, -0.2) is 0 Å². The Morgan fingerprint density at radius 2 is 2.36 bits per heavy atom. The monoisotopic (exact) mass is 225 g/mol. The molecule has 2 rings (SSSR count). The summed E-state index contributed by atoms with van der Waals surface area (Å²) in [5.74, 6) is 1.91. The van der Waals surface area contributed by atoms with E-state index in [2.05, 4.69) is 11.4 Å². The van der Waals surface area contributed by atoms with Crippen LogP contribution in [0.25, 0.3) is 0 Å². The highest BCUT2D eigenvalue weighted by atomic mass is 32.2. The summed E-state index contributed by atoms with van der Waals surface area (Å²) in [6.45, 7) is 0.931. The fraction of sp³-hybridized carbons (Fsp3) is 0.300. The van der Waals surface area contributed by atoms with E-state index in [0.717, 1.165) is 28.6 Å². The molecule has 0 atom stereocenters. The lowest BCUT2D eigenvalue weighted by atomic mass is 10.2. The molecule has 0 aliphatic carbocycles. The number of methoxy groups -OCH3 is 1. The van der Waals surface area contributed by atoms with E-state index in [-0.39, 0.29) is 0 Å². The average Bonchev–Trinajstić information content (AvgIpc) is 2.40. The molecular formula is C10H11NOS2. The molecule has 1 heterocycles. The first-order chi connectivity index (χ1) is 6.81. The van der Waals surface area contributed by atoms with Crippen LogP contribution in [0.1, 0.15) is 5.56 Å². The Labute approximate surface area is 93.0 Å². The lowest BCUT2D eigenvalue weighted by molar-refractivity contribution is 0.414. The molecular weight excluding hydrogens is 214 g/mol. The molecule has 1 aliphatic heterocycles. The van der Waals surface area contributed by atoms with E-state index in [0.29, 0.717) is 0 Å². The molecule has 74 valence electrons. The molecule has 1 aliphatic rings. The summed E-state index contributed by atoms with van der Waals surface area (Å²) in [5.41, 5.74) is 1.09. The Morgan fingerprint density at radius 1 is 1.50 bits per heavy atom. The molecule has 0 bridgehead atoms. The third-order valence-corrected chi connectivity index (χ3v) is 3.52. The molecule has 1 aromatic carbocycles. The standard InChI is InChI=1S/C10H11NOS2/c1-12-7-2-3-9-8(6-7)10(13)11-4-5-14-9/h2-3,6H,4-5H2,1H3,(H,11,13). The highest BCUT2D eigenvalue weighted by molar-refractivity contribution is 7.99. The maximum atomic E-state index is 5.27. The van der Waals surface area contributed by atoms with Gasteiger partial charge in [0.2, 0.25) is 0 Å². The van der Waals surface area contributed by atoms with Gasteiger partial charge in [-0.2, -0.15) is 0 Å². The number of thioether (sulfide) groups is 1. The normalized spacial score (nSPS) is 15.4. The summed E-state index contributed by atoms with van der Waals surface area (Å²) in [5, 5.41) is 3.21. The predicted molar refractivity (Wildman–Crippen MR) is 63.4 cm³/mol. The number of thiocarbonyl (C=S) groups is 1. The number of ether oxygens (including phenoxy) is 1. The van der Waals surface area contributed by atoms with Crippen LogP contribution in [0.4, 0.5) is 0 Å². The van der Waals surface area contributed by atoms with E-state index < -0.39 is 0 Å². The van der Waals surface area contributed by atoms with Gasteiger partial charge in [0.1, 0.15) is 10.7 Å². The van der Waals surface area contributed by atoms with Crippen molar-refractivity contribution in [3.05, 3.63) is 23.8 Å². The van der Waals surface area contributed by atoms with Gasteiger partial charge in [-0.05, 0) is 18.2 Å². The van der Waals surface area contributed by atoms with Crippen LogP contribution in [0.2, 0.25) is 0 Å². The van der Waals surface area contributed by atoms with Crippen LogP contribution >= 0.6 is 24.0 Å². The number of benzene rings is 1.